The van der Waals surface area contributed by atoms with Crippen molar-refractivity contribution in [3.8, 4) is 0 Å². The number of aromatic amines is 1. The second kappa shape index (κ2) is 3.63. The van der Waals surface area contributed by atoms with E-state index in [4.69, 9.17) is 0 Å². The van der Waals surface area contributed by atoms with E-state index < -0.39 is 0 Å². The van der Waals surface area contributed by atoms with Crippen molar-refractivity contribution < 1.29 is 0 Å². The number of hydrogen-bond donors (Lipinski definition) is 2. The molecule has 0 unspecified atom stereocenters. The summed E-state index contributed by atoms with van der Waals surface area (Å²) >= 11 is 0. The summed E-state index contributed by atoms with van der Waals surface area (Å²) in [7, 11) is 2.00. The van der Waals surface area contributed by atoms with Gasteiger partial charge in [-0.15, -0.1) is 0 Å². The van der Waals surface area contributed by atoms with Gasteiger partial charge in [-0.05, 0) is 51.9 Å². The summed E-state index contributed by atoms with van der Waals surface area (Å²) in [5.41, 5.74) is 5.21. The van der Waals surface area contributed by atoms with E-state index in [-0.39, 0.29) is 5.54 Å². The highest BCUT2D eigenvalue weighted by molar-refractivity contribution is 5.87. The van der Waals surface area contributed by atoms with E-state index >= 15 is 0 Å². The topological polar surface area (TPSA) is 27.8 Å². The highest BCUT2D eigenvalue weighted by atomic mass is 14.9. The molecule has 0 saturated heterocycles. The van der Waals surface area contributed by atoms with Crippen LogP contribution in [0.2, 0.25) is 0 Å². The fourth-order valence-corrected chi connectivity index (χ4v) is 2.25. The molecule has 1 aromatic carbocycles. The van der Waals surface area contributed by atoms with Gasteiger partial charge in [0.1, 0.15) is 0 Å². The van der Waals surface area contributed by atoms with Crippen molar-refractivity contribution in [2.75, 3.05) is 7.05 Å². The maximum atomic E-state index is 3.38. The summed E-state index contributed by atoms with van der Waals surface area (Å²) in [6.45, 7) is 8.71. The van der Waals surface area contributed by atoms with Crippen molar-refractivity contribution >= 4 is 10.9 Å². The van der Waals surface area contributed by atoms with Crippen LogP contribution in [0.4, 0.5) is 0 Å². The molecule has 0 aliphatic carbocycles. The van der Waals surface area contributed by atoms with Crippen molar-refractivity contribution in [2.24, 2.45) is 0 Å². The van der Waals surface area contributed by atoms with Crippen molar-refractivity contribution in [3.63, 3.8) is 0 Å². The molecule has 86 valence electrons. The molecule has 0 amide bonds. The molecule has 0 aliphatic rings. The van der Waals surface area contributed by atoms with Crippen LogP contribution < -0.4 is 5.32 Å². The van der Waals surface area contributed by atoms with Crippen molar-refractivity contribution in [2.45, 2.75) is 33.2 Å². The summed E-state index contributed by atoms with van der Waals surface area (Å²) in [4.78, 5) is 3.38. The van der Waals surface area contributed by atoms with Crippen LogP contribution in [-0.2, 0) is 5.54 Å². The zero-order valence-corrected chi connectivity index (χ0v) is 10.7. The molecule has 0 spiro atoms. The normalized spacial score (nSPS) is 12.3. The van der Waals surface area contributed by atoms with E-state index in [0.29, 0.717) is 0 Å². The number of aromatic nitrogens is 1. The van der Waals surface area contributed by atoms with Crippen LogP contribution in [0, 0.1) is 13.8 Å². The van der Waals surface area contributed by atoms with E-state index in [1.54, 1.807) is 0 Å². The first-order valence-corrected chi connectivity index (χ1v) is 5.73. The van der Waals surface area contributed by atoms with Gasteiger partial charge >= 0.3 is 0 Å². The Bertz CT molecular complexity index is 521. The lowest BCUT2D eigenvalue weighted by Gasteiger charge is -2.23. The molecule has 0 bridgehead atoms. The molecular formula is C14H20N2. The molecule has 0 atom stereocenters. The number of H-pyrrole nitrogens is 1. The number of aryl methyl sites for hydroxylation is 2. The van der Waals surface area contributed by atoms with Crippen molar-refractivity contribution in [1.29, 1.82) is 0 Å². The van der Waals surface area contributed by atoms with Crippen molar-refractivity contribution in [1.82, 2.24) is 10.3 Å². The molecular weight excluding hydrogens is 196 g/mol. The molecule has 2 rings (SSSR count). The van der Waals surface area contributed by atoms with Gasteiger partial charge in [-0.3, -0.25) is 0 Å². The Morgan fingerprint density at radius 1 is 1.19 bits per heavy atom. The summed E-state index contributed by atoms with van der Waals surface area (Å²) in [5, 5.41) is 4.69. The largest absolute Gasteiger partial charge is 0.361 e. The number of benzene rings is 1. The Morgan fingerprint density at radius 3 is 2.50 bits per heavy atom. The van der Waals surface area contributed by atoms with Gasteiger partial charge in [0.2, 0.25) is 0 Å². The lowest BCUT2D eigenvalue weighted by Crippen LogP contribution is -2.32. The van der Waals surface area contributed by atoms with Crippen LogP contribution >= 0.6 is 0 Å². The lowest BCUT2D eigenvalue weighted by molar-refractivity contribution is 0.448. The second-order valence-electron chi connectivity index (χ2n) is 5.08. The third kappa shape index (κ3) is 1.63. The van der Waals surface area contributed by atoms with Gasteiger partial charge in [0.15, 0.2) is 0 Å². The molecule has 0 aliphatic heterocycles. The van der Waals surface area contributed by atoms with E-state index in [9.17, 15) is 0 Å². The zero-order chi connectivity index (χ0) is 11.9. The minimum atomic E-state index is -0.00150. The van der Waals surface area contributed by atoms with Crippen LogP contribution in [-0.4, -0.2) is 12.0 Å². The average Bonchev–Trinajstić information content (AvgIpc) is 2.62. The van der Waals surface area contributed by atoms with E-state index in [1.165, 1.54) is 27.6 Å². The van der Waals surface area contributed by atoms with Crippen LogP contribution in [0.1, 0.15) is 30.5 Å². The predicted molar refractivity (Wildman–Crippen MR) is 69.9 cm³/mol. The van der Waals surface area contributed by atoms with Crippen LogP contribution in [0.25, 0.3) is 10.9 Å². The lowest BCUT2D eigenvalue weighted by atomic mass is 9.93. The Hall–Kier alpha value is -1.28. The number of hydrogen-bond acceptors (Lipinski definition) is 1. The molecule has 0 fully saturated rings. The summed E-state index contributed by atoms with van der Waals surface area (Å²) in [5.74, 6) is 0. The van der Waals surface area contributed by atoms with Crippen molar-refractivity contribution in [3.05, 3.63) is 35.0 Å². The Morgan fingerprint density at radius 2 is 1.88 bits per heavy atom. The summed E-state index contributed by atoms with van der Waals surface area (Å²) in [6, 6.07) is 4.47. The first-order valence-electron chi connectivity index (χ1n) is 5.73. The van der Waals surface area contributed by atoms with Gasteiger partial charge in [0.25, 0.3) is 0 Å². The van der Waals surface area contributed by atoms with Gasteiger partial charge in [0.05, 0.1) is 0 Å². The smallest absolute Gasteiger partial charge is 0.0487 e. The summed E-state index contributed by atoms with van der Waals surface area (Å²) < 4.78 is 0. The summed E-state index contributed by atoms with van der Waals surface area (Å²) in [6.07, 6.45) is 2.12. The molecule has 2 heteroatoms. The van der Waals surface area contributed by atoms with Gasteiger partial charge < -0.3 is 10.3 Å². The highest BCUT2D eigenvalue weighted by Crippen LogP contribution is 2.30. The molecule has 1 heterocycles. The van der Waals surface area contributed by atoms with E-state index in [0.717, 1.165) is 0 Å². The SMILES string of the molecule is CNC(C)(C)c1c[nH]c2c(C)cc(C)cc12. The first-order chi connectivity index (χ1) is 7.45. The van der Waals surface area contributed by atoms with E-state index in [2.05, 4.69) is 56.3 Å². The van der Waals surface area contributed by atoms with Crippen LogP contribution in [0.15, 0.2) is 18.3 Å². The first kappa shape index (κ1) is 11.2. The average molecular weight is 216 g/mol. The predicted octanol–water partition coefficient (Wildman–Crippen LogP) is 3.24. The third-order valence-electron chi connectivity index (χ3n) is 3.43. The molecule has 1 aromatic heterocycles. The standard InChI is InChI=1S/C14H20N2/c1-9-6-10(2)13-11(7-9)12(8-16-13)14(3,4)15-5/h6-8,15-16H,1-5H3. The van der Waals surface area contributed by atoms with E-state index in [1.807, 2.05) is 7.05 Å². The Kier molecular flexibility index (Phi) is 2.55. The Labute approximate surface area is 97.1 Å². The second-order valence-corrected chi connectivity index (χ2v) is 5.08. The molecule has 0 radical (unpaired) electrons. The molecule has 0 saturated carbocycles. The van der Waals surface area contributed by atoms with Crippen LogP contribution in [0.3, 0.4) is 0 Å². The molecule has 16 heavy (non-hydrogen) atoms. The fraction of sp³-hybridized carbons (Fsp3) is 0.429. The highest BCUT2D eigenvalue weighted by Gasteiger charge is 2.21. The third-order valence-corrected chi connectivity index (χ3v) is 3.43. The van der Waals surface area contributed by atoms with Gasteiger partial charge in [-0.25, -0.2) is 0 Å². The molecule has 2 N–H and O–H groups in total. The van der Waals surface area contributed by atoms with Gasteiger partial charge in [-0.2, -0.15) is 0 Å². The monoisotopic (exact) mass is 216 g/mol. The van der Waals surface area contributed by atoms with Gasteiger partial charge in [-0.1, -0.05) is 11.6 Å². The number of nitrogens with one attached hydrogen (secondary N) is 2. The zero-order valence-electron chi connectivity index (χ0n) is 10.7. The molecule has 2 aromatic rings. The fourth-order valence-electron chi connectivity index (χ4n) is 2.25. The maximum absolute atomic E-state index is 3.38. The number of fused-ring (bicyclic) bond motifs is 1. The molecule has 2 nitrogen and oxygen atoms in total. The maximum Gasteiger partial charge on any atom is 0.0487 e. The number of rotatable bonds is 2. The minimum Gasteiger partial charge on any atom is -0.361 e. The van der Waals surface area contributed by atoms with Crippen LogP contribution in [0.5, 0.6) is 0 Å². The minimum absolute atomic E-state index is 0.00150. The Balaban J connectivity index is 2.74. The van der Waals surface area contributed by atoms with Gasteiger partial charge in [0, 0.05) is 22.6 Å². The quantitative estimate of drug-likeness (QED) is 0.792.